The maximum Gasteiger partial charge on any atom is 0.319 e. The number of urea groups is 1. The van der Waals surface area contributed by atoms with Crippen molar-refractivity contribution in [2.24, 2.45) is 5.92 Å². The van der Waals surface area contributed by atoms with E-state index in [0.717, 1.165) is 0 Å². The van der Waals surface area contributed by atoms with Gasteiger partial charge in [-0.1, -0.05) is 25.3 Å². The Kier molecular flexibility index (Phi) is 6.11. The van der Waals surface area contributed by atoms with Crippen LogP contribution in [0, 0.1) is 18.3 Å². The molecular weight excluding hydrogens is 256 g/mol. The first-order valence-electron chi connectivity index (χ1n) is 6.38. The minimum Gasteiger partial charge on any atom is -0.481 e. The SMILES string of the molecule is C#Cc1cccc(NC(=O)NCC(CC)CC(=O)O)c1. The van der Waals surface area contributed by atoms with Crippen molar-refractivity contribution in [2.45, 2.75) is 19.8 Å². The van der Waals surface area contributed by atoms with Gasteiger partial charge in [0.15, 0.2) is 0 Å². The van der Waals surface area contributed by atoms with Crippen molar-refractivity contribution < 1.29 is 14.7 Å². The van der Waals surface area contributed by atoms with E-state index in [1.165, 1.54) is 0 Å². The van der Waals surface area contributed by atoms with Crippen LogP contribution < -0.4 is 10.6 Å². The number of carbonyl (C=O) groups is 2. The molecule has 0 spiro atoms. The van der Waals surface area contributed by atoms with E-state index in [0.29, 0.717) is 24.2 Å². The zero-order valence-corrected chi connectivity index (χ0v) is 11.3. The van der Waals surface area contributed by atoms with Crippen LogP contribution in [0.4, 0.5) is 10.5 Å². The standard InChI is InChI=1S/C15H18N2O3/c1-3-11-6-5-7-13(8-11)17-15(20)16-10-12(4-2)9-14(18)19/h1,5-8,12H,4,9-10H2,2H3,(H,18,19)(H2,16,17,20). The summed E-state index contributed by atoms with van der Waals surface area (Å²) in [6.07, 6.45) is 6.02. The smallest absolute Gasteiger partial charge is 0.319 e. The quantitative estimate of drug-likeness (QED) is 0.696. The number of hydrogen-bond donors (Lipinski definition) is 3. The molecule has 0 fully saturated rings. The van der Waals surface area contributed by atoms with Gasteiger partial charge in [-0.15, -0.1) is 6.42 Å². The minimum atomic E-state index is -0.860. The molecule has 0 bridgehead atoms. The highest BCUT2D eigenvalue weighted by Gasteiger charge is 2.12. The fourth-order valence-corrected chi connectivity index (χ4v) is 1.71. The predicted molar refractivity (Wildman–Crippen MR) is 77.4 cm³/mol. The zero-order valence-electron chi connectivity index (χ0n) is 11.3. The van der Waals surface area contributed by atoms with Gasteiger partial charge in [-0.2, -0.15) is 0 Å². The number of aliphatic carboxylic acids is 1. The lowest BCUT2D eigenvalue weighted by molar-refractivity contribution is -0.138. The number of amides is 2. The van der Waals surface area contributed by atoms with Crippen LogP contribution in [0.5, 0.6) is 0 Å². The summed E-state index contributed by atoms with van der Waals surface area (Å²) in [5.41, 5.74) is 1.28. The summed E-state index contributed by atoms with van der Waals surface area (Å²) in [5.74, 6) is 1.55. The lowest BCUT2D eigenvalue weighted by Crippen LogP contribution is -2.33. The Balaban J connectivity index is 2.47. The molecule has 0 radical (unpaired) electrons. The Labute approximate surface area is 118 Å². The molecule has 2 amide bonds. The van der Waals surface area contributed by atoms with Gasteiger partial charge in [0.1, 0.15) is 0 Å². The maximum atomic E-state index is 11.7. The molecule has 1 aromatic carbocycles. The number of rotatable bonds is 6. The Morgan fingerprint density at radius 3 is 2.80 bits per heavy atom. The third-order valence-electron chi connectivity index (χ3n) is 2.88. The largest absolute Gasteiger partial charge is 0.481 e. The van der Waals surface area contributed by atoms with Gasteiger partial charge in [0.05, 0.1) is 0 Å². The number of carboxylic acids is 1. The summed E-state index contributed by atoms with van der Waals surface area (Å²) in [7, 11) is 0. The molecule has 20 heavy (non-hydrogen) atoms. The maximum absolute atomic E-state index is 11.7. The second-order valence-corrected chi connectivity index (χ2v) is 4.43. The van der Waals surface area contributed by atoms with Crippen molar-refractivity contribution in [2.75, 3.05) is 11.9 Å². The molecule has 3 N–H and O–H groups in total. The van der Waals surface area contributed by atoms with Crippen molar-refractivity contribution in [1.82, 2.24) is 5.32 Å². The van der Waals surface area contributed by atoms with E-state index in [-0.39, 0.29) is 18.4 Å². The molecule has 0 aromatic heterocycles. The highest BCUT2D eigenvalue weighted by Crippen LogP contribution is 2.10. The fourth-order valence-electron chi connectivity index (χ4n) is 1.71. The van der Waals surface area contributed by atoms with E-state index in [2.05, 4.69) is 16.6 Å². The normalized spacial score (nSPS) is 11.2. The van der Waals surface area contributed by atoms with Gasteiger partial charge in [0.25, 0.3) is 0 Å². The second-order valence-electron chi connectivity index (χ2n) is 4.43. The Morgan fingerprint density at radius 1 is 1.45 bits per heavy atom. The lowest BCUT2D eigenvalue weighted by Gasteiger charge is -2.14. The number of anilines is 1. The summed E-state index contributed by atoms with van der Waals surface area (Å²) >= 11 is 0. The highest BCUT2D eigenvalue weighted by atomic mass is 16.4. The summed E-state index contributed by atoms with van der Waals surface area (Å²) in [6.45, 7) is 2.22. The number of carboxylic acid groups (broad SMARTS) is 1. The van der Waals surface area contributed by atoms with Gasteiger partial charge < -0.3 is 15.7 Å². The van der Waals surface area contributed by atoms with Crippen molar-refractivity contribution in [3.8, 4) is 12.3 Å². The molecule has 106 valence electrons. The summed E-state index contributed by atoms with van der Waals surface area (Å²) in [4.78, 5) is 22.3. The highest BCUT2D eigenvalue weighted by molar-refractivity contribution is 5.89. The van der Waals surface area contributed by atoms with Crippen LogP contribution in [-0.2, 0) is 4.79 Å². The Bertz CT molecular complexity index is 520. The zero-order chi connectivity index (χ0) is 15.0. The van der Waals surface area contributed by atoms with Crippen LogP contribution in [0.2, 0.25) is 0 Å². The summed E-state index contributed by atoms with van der Waals surface area (Å²) < 4.78 is 0. The average Bonchev–Trinajstić information content (AvgIpc) is 2.43. The summed E-state index contributed by atoms with van der Waals surface area (Å²) in [5, 5.41) is 14.0. The first-order chi connectivity index (χ1) is 9.55. The monoisotopic (exact) mass is 274 g/mol. The number of carbonyl (C=O) groups excluding carboxylic acids is 1. The third-order valence-corrected chi connectivity index (χ3v) is 2.88. The van der Waals surface area contributed by atoms with Crippen molar-refractivity contribution in [3.05, 3.63) is 29.8 Å². The van der Waals surface area contributed by atoms with E-state index < -0.39 is 5.97 Å². The summed E-state index contributed by atoms with van der Waals surface area (Å²) in [6, 6.07) is 6.57. The van der Waals surface area contributed by atoms with Crippen LogP contribution in [0.1, 0.15) is 25.3 Å². The minimum absolute atomic E-state index is 0.0450. The second kappa shape index (κ2) is 7.85. The number of benzene rings is 1. The van der Waals surface area contributed by atoms with Crippen LogP contribution in [-0.4, -0.2) is 23.7 Å². The van der Waals surface area contributed by atoms with Crippen molar-refractivity contribution >= 4 is 17.7 Å². The molecule has 0 saturated carbocycles. The molecule has 0 heterocycles. The first kappa shape index (κ1) is 15.6. The topological polar surface area (TPSA) is 78.4 Å². The van der Waals surface area contributed by atoms with E-state index in [1.807, 2.05) is 6.92 Å². The molecule has 0 saturated heterocycles. The van der Waals surface area contributed by atoms with Gasteiger partial charge in [-0.3, -0.25) is 4.79 Å². The van der Waals surface area contributed by atoms with E-state index >= 15 is 0 Å². The number of terminal acetylenes is 1. The van der Waals surface area contributed by atoms with E-state index in [9.17, 15) is 9.59 Å². The van der Waals surface area contributed by atoms with Crippen molar-refractivity contribution in [1.29, 1.82) is 0 Å². The predicted octanol–water partition coefficient (Wildman–Crippen LogP) is 2.29. The molecule has 0 aliphatic carbocycles. The molecule has 1 unspecified atom stereocenters. The Hall–Kier alpha value is -2.48. The molecule has 5 nitrogen and oxygen atoms in total. The molecule has 5 heteroatoms. The van der Waals surface area contributed by atoms with Gasteiger partial charge in [-0.25, -0.2) is 4.79 Å². The number of hydrogen-bond acceptors (Lipinski definition) is 2. The van der Waals surface area contributed by atoms with Gasteiger partial charge in [0, 0.05) is 24.2 Å². The van der Waals surface area contributed by atoms with Gasteiger partial charge in [0.2, 0.25) is 0 Å². The lowest BCUT2D eigenvalue weighted by atomic mass is 10.0. The van der Waals surface area contributed by atoms with E-state index in [1.54, 1.807) is 24.3 Å². The molecule has 1 atom stereocenters. The molecule has 1 aromatic rings. The Morgan fingerprint density at radius 2 is 2.20 bits per heavy atom. The van der Waals surface area contributed by atoms with Crippen molar-refractivity contribution in [3.63, 3.8) is 0 Å². The van der Waals surface area contributed by atoms with E-state index in [4.69, 9.17) is 11.5 Å². The fraction of sp³-hybridized carbons (Fsp3) is 0.333. The van der Waals surface area contributed by atoms with Crippen LogP contribution >= 0.6 is 0 Å². The number of nitrogens with one attached hydrogen (secondary N) is 2. The molecule has 0 aliphatic rings. The van der Waals surface area contributed by atoms with Crippen LogP contribution in [0.3, 0.4) is 0 Å². The average molecular weight is 274 g/mol. The van der Waals surface area contributed by atoms with Gasteiger partial charge >= 0.3 is 12.0 Å². The molecule has 1 rings (SSSR count). The third kappa shape index (κ3) is 5.44. The first-order valence-corrected chi connectivity index (χ1v) is 6.38. The van der Waals surface area contributed by atoms with Gasteiger partial charge in [-0.05, 0) is 24.1 Å². The molecular formula is C15H18N2O3. The molecule has 0 aliphatic heterocycles. The van der Waals surface area contributed by atoms with Crippen LogP contribution in [0.25, 0.3) is 0 Å². The van der Waals surface area contributed by atoms with Crippen LogP contribution in [0.15, 0.2) is 24.3 Å².